The van der Waals surface area contributed by atoms with E-state index in [4.69, 9.17) is 27.2 Å². The number of benzene rings is 2. The highest BCUT2D eigenvalue weighted by Gasteiger charge is 2.52. The third-order valence-electron chi connectivity index (χ3n) is 3.52. The van der Waals surface area contributed by atoms with Crippen molar-refractivity contribution >= 4 is 21.0 Å². The van der Waals surface area contributed by atoms with Crippen LogP contribution in [0.2, 0.25) is 0 Å². The van der Waals surface area contributed by atoms with E-state index in [-0.39, 0.29) is 26.4 Å². The van der Waals surface area contributed by atoms with Gasteiger partial charge in [-0.25, -0.2) is 9.59 Å². The molecule has 0 saturated carbocycles. The Morgan fingerprint density at radius 1 is 0.677 bits per heavy atom. The Morgan fingerprint density at radius 3 is 1.42 bits per heavy atom. The number of para-hydroxylation sites is 2. The molecule has 0 fully saturated rings. The second-order valence-corrected chi connectivity index (χ2v) is 7.76. The predicted molar refractivity (Wildman–Crippen MR) is 114 cm³/mol. The molecular formula is C22H24O8Si. The summed E-state index contributed by atoms with van der Waals surface area (Å²) < 4.78 is 33.7. The average Bonchev–Trinajstić information content (AvgIpc) is 2.80. The van der Waals surface area contributed by atoms with Gasteiger partial charge < -0.3 is 27.2 Å². The molecule has 0 aliphatic heterocycles. The lowest BCUT2D eigenvalue weighted by Crippen LogP contribution is -2.56. The fraction of sp³-hybridized carbons (Fsp3) is 0.182. The molecule has 0 spiro atoms. The first-order valence-electron chi connectivity index (χ1n) is 9.41. The van der Waals surface area contributed by atoms with Crippen LogP contribution < -0.4 is 8.85 Å². The number of esters is 2. The van der Waals surface area contributed by atoms with Gasteiger partial charge in [0.1, 0.15) is 24.7 Å². The van der Waals surface area contributed by atoms with E-state index in [1.807, 2.05) is 12.1 Å². The number of hydrogen-bond donors (Lipinski definition) is 0. The van der Waals surface area contributed by atoms with E-state index in [1.54, 1.807) is 48.5 Å². The lowest BCUT2D eigenvalue weighted by atomic mass is 10.3. The Labute approximate surface area is 182 Å². The van der Waals surface area contributed by atoms with Crippen LogP contribution in [0.15, 0.2) is 86.0 Å². The number of rotatable bonds is 14. The fourth-order valence-corrected chi connectivity index (χ4v) is 4.06. The molecule has 0 aliphatic rings. The number of carbonyl (C=O) groups excluding carboxylic acids is 2. The Hall–Kier alpha value is -3.40. The molecule has 0 bridgehead atoms. The van der Waals surface area contributed by atoms with E-state index in [0.29, 0.717) is 11.5 Å². The maximum atomic E-state index is 11.3. The second kappa shape index (κ2) is 13.0. The molecule has 2 rings (SSSR count). The Morgan fingerprint density at radius 2 is 1.06 bits per heavy atom. The molecule has 164 valence electrons. The molecule has 0 N–H and O–H groups in total. The van der Waals surface area contributed by atoms with E-state index < -0.39 is 21.0 Å². The van der Waals surface area contributed by atoms with Crippen LogP contribution in [-0.4, -0.2) is 47.4 Å². The summed E-state index contributed by atoms with van der Waals surface area (Å²) in [6.45, 7) is 6.44. The molecule has 31 heavy (non-hydrogen) atoms. The summed E-state index contributed by atoms with van der Waals surface area (Å²) in [6.07, 6.45) is 2.10. The van der Waals surface area contributed by atoms with E-state index in [2.05, 4.69) is 13.2 Å². The first kappa shape index (κ1) is 23.9. The molecule has 0 atom stereocenters. The normalized spacial score (nSPS) is 10.6. The molecule has 8 nitrogen and oxygen atoms in total. The molecule has 2 aromatic rings. The van der Waals surface area contributed by atoms with Gasteiger partial charge in [-0.3, -0.25) is 0 Å². The van der Waals surface area contributed by atoms with Gasteiger partial charge in [0.15, 0.2) is 0 Å². The first-order chi connectivity index (χ1) is 15.1. The molecule has 0 heterocycles. The Kier molecular flexibility index (Phi) is 10.0. The minimum absolute atomic E-state index is 0.0576. The minimum atomic E-state index is -3.88. The summed E-state index contributed by atoms with van der Waals surface area (Å²) in [7, 11) is -3.88. The second-order valence-electron chi connectivity index (χ2n) is 5.77. The first-order valence-corrected chi connectivity index (χ1v) is 11.0. The monoisotopic (exact) mass is 444 g/mol. The predicted octanol–water partition coefficient (Wildman–Crippen LogP) is 3.07. The Bertz CT molecular complexity index is 770. The summed E-state index contributed by atoms with van der Waals surface area (Å²) in [5.74, 6) is -0.255. The van der Waals surface area contributed by atoms with E-state index >= 15 is 0 Å². The van der Waals surface area contributed by atoms with Crippen molar-refractivity contribution in [2.75, 3.05) is 26.4 Å². The summed E-state index contributed by atoms with van der Waals surface area (Å²) >= 11 is 0. The van der Waals surface area contributed by atoms with Crippen molar-refractivity contribution in [1.82, 2.24) is 0 Å². The van der Waals surface area contributed by atoms with Crippen LogP contribution in [0.3, 0.4) is 0 Å². The van der Waals surface area contributed by atoms with Crippen molar-refractivity contribution < 1.29 is 36.8 Å². The molecule has 0 amide bonds. The van der Waals surface area contributed by atoms with Crippen molar-refractivity contribution in [3.63, 3.8) is 0 Å². The molecule has 0 radical (unpaired) electrons. The van der Waals surface area contributed by atoms with Gasteiger partial charge in [-0.1, -0.05) is 49.6 Å². The van der Waals surface area contributed by atoms with Crippen LogP contribution in [0.25, 0.3) is 0 Å². The summed E-state index contributed by atoms with van der Waals surface area (Å²) in [4.78, 5) is 22.6. The highest BCUT2D eigenvalue weighted by atomic mass is 28.4. The number of ether oxygens (including phenoxy) is 2. The van der Waals surface area contributed by atoms with Gasteiger partial charge in [0.2, 0.25) is 0 Å². The zero-order chi connectivity index (χ0) is 22.4. The van der Waals surface area contributed by atoms with Crippen LogP contribution in [0, 0.1) is 0 Å². The summed E-state index contributed by atoms with van der Waals surface area (Å²) in [5, 5.41) is 0. The van der Waals surface area contributed by atoms with E-state index in [0.717, 1.165) is 12.2 Å². The lowest BCUT2D eigenvalue weighted by Gasteiger charge is -2.28. The van der Waals surface area contributed by atoms with Crippen LogP contribution in [0.5, 0.6) is 11.5 Å². The van der Waals surface area contributed by atoms with Crippen LogP contribution in [0.1, 0.15) is 0 Å². The van der Waals surface area contributed by atoms with Crippen molar-refractivity contribution in [2.24, 2.45) is 0 Å². The van der Waals surface area contributed by atoms with Gasteiger partial charge in [-0.05, 0) is 24.3 Å². The van der Waals surface area contributed by atoms with Crippen molar-refractivity contribution in [3.8, 4) is 11.5 Å². The third-order valence-corrected chi connectivity index (χ3v) is 5.61. The van der Waals surface area contributed by atoms with E-state index in [1.165, 1.54) is 0 Å². The third kappa shape index (κ3) is 8.87. The van der Waals surface area contributed by atoms with Gasteiger partial charge in [0, 0.05) is 12.2 Å². The van der Waals surface area contributed by atoms with Crippen LogP contribution in [-0.2, 0) is 27.9 Å². The molecule has 0 unspecified atom stereocenters. The average molecular weight is 445 g/mol. The van der Waals surface area contributed by atoms with Gasteiger partial charge >= 0.3 is 21.0 Å². The smallest absolute Gasteiger partial charge is 0.471 e. The molecule has 9 heteroatoms. The minimum Gasteiger partial charge on any atom is -0.471 e. The lowest BCUT2D eigenvalue weighted by molar-refractivity contribution is -0.139. The quantitative estimate of drug-likeness (QED) is 0.190. The van der Waals surface area contributed by atoms with E-state index in [9.17, 15) is 9.59 Å². The summed E-state index contributed by atoms with van der Waals surface area (Å²) in [6, 6.07) is 17.7. The molecule has 2 aromatic carbocycles. The van der Waals surface area contributed by atoms with Gasteiger partial charge in [-0.2, -0.15) is 0 Å². The summed E-state index contributed by atoms with van der Waals surface area (Å²) in [5.41, 5.74) is 0. The maximum Gasteiger partial charge on any atom is 0.821 e. The molecule has 0 saturated heterocycles. The molecule has 0 aliphatic carbocycles. The van der Waals surface area contributed by atoms with Crippen LogP contribution >= 0.6 is 0 Å². The van der Waals surface area contributed by atoms with Crippen LogP contribution in [0.4, 0.5) is 0 Å². The fourth-order valence-electron chi connectivity index (χ4n) is 2.18. The van der Waals surface area contributed by atoms with Gasteiger partial charge in [0.25, 0.3) is 0 Å². The van der Waals surface area contributed by atoms with Crippen molar-refractivity contribution in [2.45, 2.75) is 0 Å². The maximum absolute atomic E-state index is 11.3. The largest absolute Gasteiger partial charge is 0.821 e. The SMILES string of the molecule is C=CC(=O)OCCO[Si](OCCOC(=O)C=C)(Oc1ccccc1)Oc1ccccc1. The number of hydrogen-bond acceptors (Lipinski definition) is 8. The molecule has 0 aromatic heterocycles. The highest BCUT2D eigenvalue weighted by Crippen LogP contribution is 2.22. The standard InChI is InChI=1S/C22H24O8Si/c1-3-21(23)25-15-17-27-31(28-18-16-26-22(24)4-2,29-19-11-7-5-8-12-19)30-20-13-9-6-10-14-20/h3-14H,1-2,15-18H2. The highest BCUT2D eigenvalue weighted by molar-refractivity contribution is 6.55. The Balaban J connectivity index is 2.18. The van der Waals surface area contributed by atoms with Gasteiger partial charge in [-0.15, -0.1) is 0 Å². The van der Waals surface area contributed by atoms with Crippen molar-refractivity contribution in [1.29, 1.82) is 0 Å². The van der Waals surface area contributed by atoms with Gasteiger partial charge in [0.05, 0.1) is 13.2 Å². The zero-order valence-corrected chi connectivity index (χ0v) is 17.9. The number of carbonyl (C=O) groups is 2. The van der Waals surface area contributed by atoms with Crippen molar-refractivity contribution in [3.05, 3.63) is 86.0 Å². The molecular weight excluding hydrogens is 420 g/mol. The zero-order valence-electron chi connectivity index (χ0n) is 16.9. The topological polar surface area (TPSA) is 89.5 Å².